The highest BCUT2D eigenvalue weighted by Gasteiger charge is 2.11. The van der Waals surface area contributed by atoms with E-state index in [1.54, 1.807) is 30.5 Å². The number of hydrogen-bond acceptors (Lipinski definition) is 4. The van der Waals surface area contributed by atoms with Crippen molar-refractivity contribution in [2.24, 2.45) is 0 Å². The van der Waals surface area contributed by atoms with E-state index in [0.29, 0.717) is 17.9 Å². The Labute approximate surface area is 126 Å². The van der Waals surface area contributed by atoms with E-state index >= 15 is 0 Å². The molecular formula is C16H13N3O3. The van der Waals surface area contributed by atoms with Crippen molar-refractivity contribution in [3.63, 3.8) is 0 Å². The highest BCUT2D eigenvalue weighted by Crippen LogP contribution is 2.23. The zero-order chi connectivity index (χ0) is 15.5. The number of nitro groups is 1. The second kappa shape index (κ2) is 5.69. The molecule has 0 saturated heterocycles. The van der Waals surface area contributed by atoms with E-state index in [4.69, 9.17) is 0 Å². The third-order valence-corrected chi connectivity index (χ3v) is 3.32. The maximum Gasteiger partial charge on any atom is 0.270 e. The summed E-state index contributed by atoms with van der Waals surface area (Å²) in [6, 6.07) is 13.3. The number of hydrogen-bond donors (Lipinski definition) is 1. The Bertz CT molecular complexity index is 810. The first-order valence-corrected chi connectivity index (χ1v) is 6.67. The minimum atomic E-state index is -0.420. The quantitative estimate of drug-likeness (QED) is 0.592. The van der Waals surface area contributed by atoms with Crippen molar-refractivity contribution >= 4 is 5.69 Å². The Morgan fingerprint density at radius 2 is 1.95 bits per heavy atom. The molecule has 0 aliphatic heterocycles. The molecule has 6 nitrogen and oxygen atoms in total. The van der Waals surface area contributed by atoms with Crippen LogP contribution in [0.15, 0.2) is 60.9 Å². The number of benzene rings is 2. The van der Waals surface area contributed by atoms with Gasteiger partial charge in [0.2, 0.25) is 0 Å². The third kappa shape index (κ3) is 2.80. The summed E-state index contributed by atoms with van der Waals surface area (Å²) in [6.45, 7) is 0.568. The number of imidazole rings is 1. The van der Waals surface area contributed by atoms with Gasteiger partial charge in [-0.05, 0) is 17.7 Å². The standard InChI is InChI=1S/C16H13N3O3/c20-15-6-4-12(5-7-15)11-18-9-8-17-16(18)13-2-1-3-14(10-13)19(21)22/h1-10,20H,11H2. The molecule has 0 unspecified atom stereocenters. The van der Waals surface area contributed by atoms with Crippen molar-refractivity contribution in [1.29, 1.82) is 0 Å². The normalized spacial score (nSPS) is 10.5. The summed E-state index contributed by atoms with van der Waals surface area (Å²) in [5, 5.41) is 20.2. The van der Waals surface area contributed by atoms with Gasteiger partial charge in [0.1, 0.15) is 11.6 Å². The van der Waals surface area contributed by atoms with Crippen molar-refractivity contribution in [2.45, 2.75) is 6.54 Å². The predicted molar refractivity (Wildman–Crippen MR) is 81.5 cm³/mol. The molecule has 1 N–H and O–H groups in total. The van der Waals surface area contributed by atoms with Gasteiger partial charge < -0.3 is 9.67 Å². The van der Waals surface area contributed by atoms with Crippen LogP contribution in [0, 0.1) is 10.1 Å². The molecule has 6 heteroatoms. The van der Waals surface area contributed by atoms with Gasteiger partial charge in [0.15, 0.2) is 0 Å². The van der Waals surface area contributed by atoms with Crippen LogP contribution in [-0.4, -0.2) is 19.6 Å². The third-order valence-electron chi connectivity index (χ3n) is 3.32. The van der Waals surface area contributed by atoms with Crippen molar-refractivity contribution in [3.05, 3.63) is 76.6 Å². The predicted octanol–water partition coefficient (Wildman–Crippen LogP) is 3.21. The minimum absolute atomic E-state index is 0.0386. The molecule has 0 atom stereocenters. The second-order valence-electron chi connectivity index (χ2n) is 4.85. The van der Waals surface area contributed by atoms with Crippen LogP contribution in [0.25, 0.3) is 11.4 Å². The number of aromatic hydroxyl groups is 1. The van der Waals surface area contributed by atoms with Gasteiger partial charge in [0.05, 0.1) is 4.92 Å². The molecule has 3 rings (SSSR count). The molecule has 110 valence electrons. The lowest BCUT2D eigenvalue weighted by Gasteiger charge is -2.08. The largest absolute Gasteiger partial charge is 0.508 e. The molecule has 1 heterocycles. The Balaban J connectivity index is 1.93. The molecule has 2 aromatic carbocycles. The number of nitro benzene ring substituents is 1. The number of non-ortho nitro benzene ring substituents is 1. The summed E-state index contributed by atoms with van der Waals surface area (Å²) >= 11 is 0. The maximum absolute atomic E-state index is 10.9. The SMILES string of the molecule is O=[N+]([O-])c1cccc(-c2nccn2Cc2ccc(O)cc2)c1. The first-order chi connectivity index (χ1) is 10.6. The van der Waals surface area contributed by atoms with E-state index in [0.717, 1.165) is 5.56 Å². The summed E-state index contributed by atoms with van der Waals surface area (Å²) in [7, 11) is 0. The fourth-order valence-corrected chi connectivity index (χ4v) is 2.25. The second-order valence-corrected chi connectivity index (χ2v) is 4.85. The molecule has 0 amide bonds. The Morgan fingerprint density at radius 1 is 1.18 bits per heavy atom. The molecule has 0 radical (unpaired) electrons. The molecular weight excluding hydrogens is 282 g/mol. The molecule has 0 spiro atoms. The number of phenols is 1. The van der Waals surface area contributed by atoms with Crippen LogP contribution in [-0.2, 0) is 6.54 Å². The summed E-state index contributed by atoms with van der Waals surface area (Å²) in [5.41, 5.74) is 1.73. The van der Waals surface area contributed by atoms with E-state index in [9.17, 15) is 15.2 Å². The van der Waals surface area contributed by atoms with Crippen molar-refractivity contribution in [3.8, 4) is 17.1 Å². The zero-order valence-electron chi connectivity index (χ0n) is 11.6. The number of phenolic OH excluding ortho intramolecular Hbond substituents is 1. The van der Waals surface area contributed by atoms with Crippen LogP contribution in [0.3, 0.4) is 0 Å². The van der Waals surface area contributed by atoms with Gasteiger partial charge in [-0.1, -0.05) is 24.3 Å². The smallest absolute Gasteiger partial charge is 0.270 e. The lowest BCUT2D eigenvalue weighted by molar-refractivity contribution is -0.384. The Morgan fingerprint density at radius 3 is 2.68 bits per heavy atom. The first-order valence-electron chi connectivity index (χ1n) is 6.67. The van der Waals surface area contributed by atoms with E-state index < -0.39 is 4.92 Å². The molecule has 0 aliphatic rings. The van der Waals surface area contributed by atoms with Gasteiger partial charge in [-0.15, -0.1) is 0 Å². The zero-order valence-corrected chi connectivity index (χ0v) is 11.6. The lowest BCUT2D eigenvalue weighted by atomic mass is 10.1. The molecule has 1 aromatic heterocycles. The van der Waals surface area contributed by atoms with Crippen LogP contribution in [0.4, 0.5) is 5.69 Å². The van der Waals surface area contributed by atoms with Gasteiger partial charge in [0.25, 0.3) is 5.69 Å². The van der Waals surface area contributed by atoms with Crippen LogP contribution in [0.1, 0.15) is 5.56 Å². The molecule has 3 aromatic rings. The fraction of sp³-hybridized carbons (Fsp3) is 0.0625. The highest BCUT2D eigenvalue weighted by molar-refractivity contribution is 5.59. The molecule has 0 fully saturated rings. The van der Waals surface area contributed by atoms with Crippen molar-refractivity contribution in [1.82, 2.24) is 9.55 Å². The molecule has 22 heavy (non-hydrogen) atoms. The average Bonchev–Trinajstić information content (AvgIpc) is 2.98. The fourth-order valence-electron chi connectivity index (χ4n) is 2.25. The molecule has 0 bridgehead atoms. The summed E-state index contributed by atoms with van der Waals surface area (Å²) < 4.78 is 1.91. The van der Waals surface area contributed by atoms with Crippen LogP contribution in [0.5, 0.6) is 5.75 Å². The highest BCUT2D eigenvalue weighted by atomic mass is 16.6. The van der Waals surface area contributed by atoms with Crippen LogP contribution < -0.4 is 0 Å². The summed E-state index contributed by atoms with van der Waals surface area (Å²) in [5.74, 6) is 0.880. The van der Waals surface area contributed by atoms with Gasteiger partial charge in [-0.3, -0.25) is 10.1 Å². The molecule has 0 aliphatic carbocycles. The van der Waals surface area contributed by atoms with E-state index in [-0.39, 0.29) is 11.4 Å². The van der Waals surface area contributed by atoms with Gasteiger partial charge in [-0.25, -0.2) is 4.98 Å². The summed E-state index contributed by atoms with van der Waals surface area (Å²) in [4.78, 5) is 14.8. The number of rotatable bonds is 4. The number of aromatic nitrogens is 2. The Kier molecular flexibility index (Phi) is 3.57. The average molecular weight is 295 g/mol. The van der Waals surface area contributed by atoms with E-state index in [1.807, 2.05) is 22.9 Å². The first kappa shape index (κ1) is 13.8. The van der Waals surface area contributed by atoms with E-state index in [2.05, 4.69) is 4.98 Å². The van der Waals surface area contributed by atoms with Crippen LogP contribution in [0.2, 0.25) is 0 Å². The van der Waals surface area contributed by atoms with Crippen molar-refractivity contribution in [2.75, 3.05) is 0 Å². The Hall–Kier alpha value is -3.15. The maximum atomic E-state index is 10.9. The topological polar surface area (TPSA) is 81.2 Å². The van der Waals surface area contributed by atoms with E-state index in [1.165, 1.54) is 12.1 Å². The number of nitrogens with zero attached hydrogens (tertiary/aromatic N) is 3. The van der Waals surface area contributed by atoms with Gasteiger partial charge >= 0.3 is 0 Å². The van der Waals surface area contributed by atoms with Gasteiger partial charge in [0, 0.05) is 36.6 Å². The lowest BCUT2D eigenvalue weighted by Crippen LogP contribution is -2.01. The molecule has 0 saturated carbocycles. The van der Waals surface area contributed by atoms with Crippen molar-refractivity contribution < 1.29 is 10.0 Å². The summed E-state index contributed by atoms with van der Waals surface area (Å²) in [6.07, 6.45) is 3.48. The van der Waals surface area contributed by atoms with Gasteiger partial charge in [-0.2, -0.15) is 0 Å². The van der Waals surface area contributed by atoms with Crippen LogP contribution >= 0.6 is 0 Å². The monoisotopic (exact) mass is 295 g/mol. The minimum Gasteiger partial charge on any atom is -0.508 e.